The molecule has 5 amide bonds. The first-order valence-electron chi connectivity index (χ1n) is 20.3. The Labute approximate surface area is 311 Å². The number of nitrogens with zero attached hydrogens (tertiary/aromatic N) is 2. The molecule has 2 saturated heterocycles. The van der Waals surface area contributed by atoms with Gasteiger partial charge in [0.2, 0.25) is 29.5 Å². The lowest BCUT2D eigenvalue weighted by Gasteiger charge is -2.40. The van der Waals surface area contributed by atoms with E-state index < -0.39 is 35.0 Å². The number of piperidine rings is 1. The maximum absolute atomic E-state index is 15.0. The number of primary amides is 1. The third-order valence-electron chi connectivity index (χ3n) is 15.1. The van der Waals surface area contributed by atoms with Crippen LogP contribution in [-0.2, 0) is 24.0 Å². The van der Waals surface area contributed by atoms with Crippen molar-refractivity contribution in [2.24, 2.45) is 39.2 Å². The third-order valence-corrected chi connectivity index (χ3v) is 15.1. The Balaban J connectivity index is 1.27. The highest BCUT2D eigenvalue weighted by atomic mass is 16.2. The van der Waals surface area contributed by atoms with Crippen molar-refractivity contribution in [2.75, 3.05) is 13.1 Å². The van der Waals surface area contributed by atoms with Crippen LogP contribution in [0, 0.1) is 33.5 Å². The average molecular weight is 723 g/mol. The van der Waals surface area contributed by atoms with Gasteiger partial charge in [-0.15, -0.1) is 6.58 Å². The quantitative estimate of drug-likeness (QED) is 0.235. The van der Waals surface area contributed by atoms with Crippen LogP contribution in [0.15, 0.2) is 12.7 Å². The van der Waals surface area contributed by atoms with E-state index in [1.165, 1.54) is 0 Å². The molecule has 0 aromatic rings. The molecule has 4 saturated carbocycles. The highest BCUT2D eigenvalue weighted by Gasteiger charge is 2.85. The highest BCUT2D eigenvalue weighted by molar-refractivity contribution is 5.99. The summed E-state index contributed by atoms with van der Waals surface area (Å²) in [5.74, 6) is -2.00. The van der Waals surface area contributed by atoms with Crippen LogP contribution < -0.4 is 21.7 Å². The van der Waals surface area contributed by atoms with Crippen LogP contribution in [0.1, 0.15) is 132 Å². The molecule has 6 aliphatic rings. The monoisotopic (exact) mass is 723 g/mol. The number of nitrogens with one attached hydrogen (secondary N) is 3. The molecular weight excluding hydrogens is 656 g/mol. The van der Waals surface area contributed by atoms with Crippen LogP contribution >= 0.6 is 0 Å². The van der Waals surface area contributed by atoms with E-state index in [4.69, 9.17) is 5.73 Å². The molecule has 2 spiro atoms. The van der Waals surface area contributed by atoms with E-state index in [2.05, 4.69) is 55.1 Å². The molecule has 6 fully saturated rings. The van der Waals surface area contributed by atoms with Crippen LogP contribution in [0.2, 0.25) is 0 Å². The number of hydrogen-bond donors (Lipinski definition) is 4. The molecule has 0 aromatic carbocycles. The smallest absolute Gasteiger partial charge is 0.246 e. The van der Waals surface area contributed by atoms with E-state index in [-0.39, 0.29) is 63.8 Å². The second kappa shape index (κ2) is 13.7. The summed E-state index contributed by atoms with van der Waals surface area (Å²) < 4.78 is 0. The number of nitrogens with two attached hydrogens (primary N) is 1. The van der Waals surface area contributed by atoms with Gasteiger partial charge in [-0.05, 0) is 93.9 Å². The van der Waals surface area contributed by atoms with Gasteiger partial charge in [0.25, 0.3) is 0 Å². The molecule has 7 atom stereocenters. The molecule has 5 N–H and O–H groups in total. The fraction of sp³-hybridized carbons (Fsp3) is 0.829. The van der Waals surface area contributed by atoms with Gasteiger partial charge in [-0.1, -0.05) is 72.8 Å². The summed E-state index contributed by atoms with van der Waals surface area (Å²) in [6.07, 6.45) is 13.4. The Morgan fingerprint density at radius 2 is 1.50 bits per heavy atom. The van der Waals surface area contributed by atoms with Gasteiger partial charge in [0.1, 0.15) is 23.7 Å². The summed E-state index contributed by atoms with van der Waals surface area (Å²) in [5.41, 5.74) is 3.70. The Bertz CT molecular complexity index is 1460. The van der Waals surface area contributed by atoms with Gasteiger partial charge >= 0.3 is 0 Å². The number of rotatable bonds is 11. The molecule has 290 valence electrons. The summed E-state index contributed by atoms with van der Waals surface area (Å²) in [6, 6.07) is -2.58. The maximum Gasteiger partial charge on any atom is 0.246 e. The summed E-state index contributed by atoms with van der Waals surface area (Å²) in [6.45, 7) is 19.7. The van der Waals surface area contributed by atoms with Crippen molar-refractivity contribution in [3.8, 4) is 0 Å². The van der Waals surface area contributed by atoms with Crippen molar-refractivity contribution >= 4 is 29.5 Å². The van der Waals surface area contributed by atoms with Gasteiger partial charge in [0, 0.05) is 23.9 Å². The number of hydrogen-bond acceptors (Lipinski definition) is 6. The first kappa shape index (κ1) is 38.8. The van der Waals surface area contributed by atoms with E-state index in [1.807, 2.05) is 20.8 Å². The molecule has 0 aromatic heterocycles. The lowest BCUT2D eigenvalue weighted by atomic mass is 9.73. The molecule has 2 heterocycles. The third kappa shape index (κ3) is 6.18. The van der Waals surface area contributed by atoms with Crippen molar-refractivity contribution in [2.45, 2.75) is 168 Å². The normalized spacial score (nSPS) is 33.5. The van der Waals surface area contributed by atoms with Crippen molar-refractivity contribution < 1.29 is 24.0 Å². The van der Waals surface area contributed by atoms with Gasteiger partial charge in [-0.2, -0.15) is 0 Å². The zero-order valence-electron chi connectivity index (χ0n) is 32.9. The summed E-state index contributed by atoms with van der Waals surface area (Å²) in [5, 5.41) is 9.36. The first-order valence-corrected chi connectivity index (χ1v) is 20.3. The van der Waals surface area contributed by atoms with Gasteiger partial charge in [-0.25, -0.2) is 0 Å². The molecule has 6 rings (SSSR count). The van der Waals surface area contributed by atoms with Gasteiger partial charge in [0.15, 0.2) is 0 Å². The Kier molecular flexibility index (Phi) is 10.2. The lowest BCUT2D eigenvalue weighted by Crippen LogP contribution is -2.63. The molecule has 2 aliphatic heterocycles. The predicted molar refractivity (Wildman–Crippen MR) is 200 cm³/mol. The molecule has 11 heteroatoms. The minimum Gasteiger partial charge on any atom is -0.368 e. The van der Waals surface area contributed by atoms with E-state index in [0.717, 1.165) is 77.2 Å². The van der Waals surface area contributed by atoms with Crippen LogP contribution in [0.25, 0.3) is 0 Å². The fourth-order valence-electron chi connectivity index (χ4n) is 11.4. The minimum atomic E-state index is -1.19. The fourth-order valence-corrected chi connectivity index (χ4v) is 11.4. The summed E-state index contributed by atoms with van der Waals surface area (Å²) in [7, 11) is 0. The van der Waals surface area contributed by atoms with Crippen LogP contribution in [0.5, 0.6) is 0 Å². The van der Waals surface area contributed by atoms with E-state index in [9.17, 15) is 19.2 Å². The average Bonchev–Trinajstić information content (AvgIpc) is 3.80. The molecule has 0 radical (unpaired) electrons. The Morgan fingerprint density at radius 3 is 2.02 bits per heavy atom. The number of fused-ring (bicyclic) bond motifs is 1. The number of amides is 5. The molecule has 3 unspecified atom stereocenters. The standard InChI is InChI=1S/C41H66N6O5/c1-9-27-22-41(27,36(42)52)45-33(49)29-23-40(38(7,8)39(40)19-15-20-39)24-47(29)35(51)31(37(4,5)6)44-34(50)30(26-16-11-10-12-17-26)43-32(48)28-18-13-14-21-46(28)25(2)3/h9,25-31H,1,10-24H2,2-8H3,(H2,42,52)(H,43,48)(H,44,50)(H,45,49)/t27-,28+,29?,30?,31-,40?,41-/m1/s1. The number of likely N-dealkylation sites (tertiary alicyclic amines) is 2. The van der Waals surface area contributed by atoms with Crippen molar-refractivity contribution in [3.05, 3.63) is 12.7 Å². The van der Waals surface area contributed by atoms with Gasteiger partial charge in [0.05, 0.1) is 6.04 Å². The molecule has 0 bridgehead atoms. The number of carbonyl (C=O) groups is 5. The Morgan fingerprint density at radius 1 is 0.846 bits per heavy atom. The topological polar surface area (TPSA) is 154 Å². The van der Waals surface area contributed by atoms with Crippen molar-refractivity contribution in [1.29, 1.82) is 0 Å². The van der Waals surface area contributed by atoms with Gasteiger partial charge < -0.3 is 26.6 Å². The largest absolute Gasteiger partial charge is 0.368 e. The molecular formula is C41H66N6O5. The second-order valence-corrected chi connectivity index (χ2v) is 19.2. The van der Waals surface area contributed by atoms with Crippen LogP contribution in [-0.4, -0.2) is 88.2 Å². The summed E-state index contributed by atoms with van der Waals surface area (Å²) in [4.78, 5) is 74.4. The SMILES string of the molecule is C=C[C@@H]1C[C@]1(NC(=O)C1CC2(CN1C(=O)[C@@H](NC(=O)C(NC(=O)[C@@H]1CCCCN1C(C)C)C1CCCCC1)C(C)(C)C)C(C)(C)C21CCC1)C(N)=O. The van der Waals surface area contributed by atoms with Crippen LogP contribution in [0.4, 0.5) is 0 Å². The van der Waals surface area contributed by atoms with E-state index >= 15 is 4.79 Å². The zero-order valence-corrected chi connectivity index (χ0v) is 32.9. The first-order chi connectivity index (χ1) is 24.4. The number of carbonyl (C=O) groups excluding carboxylic acids is 5. The lowest BCUT2D eigenvalue weighted by molar-refractivity contribution is -0.145. The molecule has 4 aliphatic carbocycles. The molecule has 11 nitrogen and oxygen atoms in total. The van der Waals surface area contributed by atoms with Crippen LogP contribution in [0.3, 0.4) is 0 Å². The van der Waals surface area contributed by atoms with E-state index in [0.29, 0.717) is 19.4 Å². The predicted octanol–water partition coefficient (Wildman–Crippen LogP) is 4.19. The van der Waals surface area contributed by atoms with Crippen molar-refractivity contribution in [3.63, 3.8) is 0 Å². The minimum absolute atomic E-state index is 0.0230. The highest BCUT2D eigenvalue weighted by Crippen LogP contribution is 2.88. The maximum atomic E-state index is 15.0. The molecule has 52 heavy (non-hydrogen) atoms. The Hall–Kier alpha value is -2.95. The van der Waals surface area contributed by atoms with E-state index in [1.54, 1.807) is 11.0 Å². The summed E-state index contributed by atoms with van der Waals surface area (Å²) >= 11 is 0. The zero-order chi connectivity index (χ0) is 38.0. The van der Waals surface area contributed by atoms with Crippen molar-refractivity contribution in [1.82, 2.24) is 25.8 Å². The second-order valence-electron chi connectivity index (χ2n) is 19.2. The van der Waals surface area contributed by atoms with Gasteiger partial charge in [-0.3, -0.25) is 28.9 Å².